The number of aryl methyl sites for hydroxylation is 2. The fraction of sp³-hybridized carbons (Fsp3) is 0.200. The molecule has 0 spiro atoms. The smallest absolute Gasteiger partial charge is 0.261 e. The second-order valence-electron chi connectivity index (χ2n) is 7.67. The summed E-state index contributed by atoms with van der Waals surface area (Å²) in [6, 6.07) is 16.6. The lowest BCUT2D eigenvalue weighted by Gasteiger charge is -2.16. The molecule has 1 heterocycles. The molecule has 4 aromatic rings. The Morgan fingerprint density at radius 2 is 1.78 bits per heavy atom. The molecule has 0 aliphatic rings. The number of nitrogens with zero attached hydrogens (tertiary/aromatic N) is 1. The first kappa shape index (κ1) is 22.2. The van der Waals surface area contributed by atoms with Crippen molar-refractivity contribution >= 4 is 40.2 Å². The SMILES string of the molecule is Cc1cc2nc(-c3ccc(CNC(=O)[C@@H](C)Oc4ccc(Cl)cc4Cl)cc3)oc2cc1C. The van der Waals surface area contributed by atoms with Crippen LogP contribution in [-0.4, -0.2) is 17.0 Å². The molecule has 0 saturated carbocycles. The number of benzene rings is 3. The highest BCUT2D eigenvalue weighted by Gasteiger charge is 2.16. The third kappa shape index (κ3) is 4.90. The summed E-state index contributed by atoms with van der Waals surface area (Å²) in [5.41, 5.74) is 5.79. The molecule has 4 rings (SSSR count). The van der Waals surface area contributed by atoms with Crippen molar-refractivity contribution in [2.75, 3.05) is 0 Å². The van der Waals surface area contributed by atoms with E-state index in [1.807, 2.05) is 36.4 Å². The predicted molar refractivity (Wildman–Crippen MR) is 127 cm³/mol. The summed E-state index contributed by atoms with van der Waals surface area (Å²) in [6.45, 7) is 6.14. The van der Waals surface area contributed by atoms with Crippen LogP contribution in [0.15, 0.2) is 59.0 Å². The Bertz CT molecular complexity index is 1240. The summed E-state index contributed by atoms with van der Waals surface area (Å²) in [5, 5.41) is 3.73. The highest BCUT2D eigenvalue weighted by atomic mass is 35.5. The van der Waals surface area contributed by atoms with E-state index in [9.17, 15) is 4.79 Å². The van der Waals surface area contributed by atoms with Gasteiger partial charge >= 0.3 is 0 Å². The molecule has 1 aromatic heterocycles. The molecule has 0 bridgehead atoms. The van der Waals surface area contributed by atoms with Crippen molar-refractivity contribution < 1.29 is 13.9 Å². The fourth-order valence-corrected chi connectivity index (χ4v) is 3.67. The minimum absolute atomic E-state index is 0.246. The number of aromatic nitrogens is 1. The molecule has 7 heteroatoms. The van der Waals surface area contributed by atoms with E-state index < -0.39 is 6.10 Å². The average Bonchev–Trinajstić information content (AvgIpc) is 3.17. The number of rotatable bonds is 6. The molecule has 3 aromatic carbocycles. The van der Waals surface area contributed by atoms with Crippen molar-refractivity contribution in [2.24, 2.45) is 0 Å². The van der Waals surface area contributed by atoms with E-state index in [1.54, 1.807) is 25.1 Å². The van der Waals surface area contributed by atoms with Crippen molar-refractivity contribution in [3.63, 3.8) is 0 Å². The number of hydrogen-bond donors (Lipinski definition) is 1. The first-order chi connectivity index (χ1) is 15.3. The Kier molecular flexibility index (Phi) is 6.40. The van der Waals surface area contributed by atoms with E-state index in [0.29, 0.717) is 28.2 Å². The highest BCUT2D eigenvalue weighted by Crippen LogP contribution is 2.29. The molecule has 0 unspecified atom stereocenters. The Morgan fingerprint density at radius 3 is 2.50 bits per heavy atom. The van der Waals surface area contributed by atoms with Gasteiger partial charge in [-0.05, 0) is 79.9 Å². The van der Waals surface area contributed by atoms with E-state index in [-0.39, 0.29) is 5.91 Å². The van der Waals surface area contributed by atoms with Gasteiger partial charge in [-0.1, -0.05) is 35.3 Å². The molecule has 0 fully saturated rings. The zero-order valence-electron chi connectivity index (χ0n) is 17.9. The van der Waals surface area contributed by atoms with Crippen LogP contribution in [0.5, 0.6) is 5.75 Å². The predicted octanol–water partition coefficient (Wildman–Crippen LogP) is 6.50. The topological polar surface area (TPSA) is 64.4 Å². The summed E-state index contributed by atoms with van der Waals surface area (Å²) in [4.78, 5) is 17.0. The van der Waals surface area contributed by atoms with Crippen LogP contribution < -0.4 is 10.1 Å². The zero-order chi connectivity index (χ0) is 22.8. The number of carbonyl (C=O) groups excluding carboxylic acids is 1. The first-order valence-electron chi connectivity index (χ1n) is 10.2. The van der Waals surface area contributed by atoms with Gasteiger partial charge in [0.2, 0.25) is 5.89 Å². The molecule has 1 amide bonds. The van der Waals surface area contributed by atoms with E-state index >= 15 is 0 Å². The largest absolute Gasteiger partial charge is 0.479 e. The molecule has 0 aliphatic heterocycles. The van der Waals surface area contributed by atoms with Gasteiger partial charge in [0.05, 0.1) is 5.02 Å². The van der Waals surface area contributed by atoms with Crippen LogP contribution in [0.1, 0.15) is 23.6 Å². The Labute approximate surface area is 196 Å². The number of ether oxygens (including phenoxy) is 1. The molecular formula is C25H22Cl2N2O3. The molecule has 1 atom stereocenters. The Morgan fingerprint density at radius 1 is 1.06 bits per heavy atom. The Balaban J connectivity index is 1.38. The van der Waals surface area contributed by atoms with Crippen LogP contribution in [0, 0.1) is 13.8 Å². The standard InChI is InChI=1S/C25H22Cl2N2O3/c1-14-10-21-23(11-15(14)2)32-25(29-21)18-6-4-17(5-7-18)13-28-24(30)16(3)31-22-9-8-19(26)12-20(22)27/h4-12,16H,13H2,1-3H3,(H,28,30)/t16-/m1/s1. The van der Waals surface area contributed by atoms with E-state index in [4.69, 9.17) is 32.4 Å². The zero-order valence-corrected chi connectivity index (χ0v) is 19.4. The van der Waals surface area contributed by atoms with Crippen molar-refractivity contribution in [2.45, 2.75) is 33.4 Å². The second kappa shape index (κ2) is 9.23. The van der Waals surface area contributed by atoms with E-state index in [1.165, 1.54) is 11.1 Å². The van der Waals surface area contributed by atoms with Crippen LogP contribution in [0.2, 0.25) is 10.0 Å². The van der Waals surface area contributed by atoms with Crippen LogP contribution in [0.4, 0.5) is 0 Å². The van der Waals surface area contributed by atoms with Gasteiger partial charge in [-0.25, -0.2) is 4.98 Å². The lowest BCUT2D eigenvalue weighted by atomic mass is 10.1. The molecule has 164 valence electrons. The molecule has 1 N–H and O–H groups in total. The van der Waals surface area contributed by atoms with Gasteiger partial charge < -0.3 is 14.5 Å². The maximum absolute atomic E-state index is 12.4. The van der Waals surface area contributed by atoms with E-state index in [2.05, 4.69) is 24.1 Å². The lowest BCUT2D eigenvalue weighted by Crippen LogP contribution is -2.35. The van der Waals surface area contributed by atoms with Crippen molar-refractivity contribution in [3.05, 3.63) is 81.3 Å². The van der Waals surface area contributed by atoms with Crippen molar-refractivity contribution in [1.29, 1.82) is 0 Å². The Hall–Kier alpha value is -3.02. The quantitative estimate of drug-likeness (QED) is 0.350. The monoisotopic (exact) mass is 468 g/mol. The van der Waals surface area contributed by atoms with Crippen molar-refractivity contribution in [1.82, 2.24) is 10.3 Å². The minimum Gasteiger partial charge on any atom is -0.479 e. The number of amides is 1. The number of carbonyl (C=O) groups is 1. The summed E-state index contributed by atoms with van der Waals surface area (Å²) < 4.78 is 11.6. The minimum atomic E-state index is -0.709. The average molecular weight is 469 g/mol. The highest BCUT2D eigenvalue weighted by molar-refractivity contribution is 6.35. The number of halogens is 2. The third-order valence-electron chi connectivity index (χ3n) is 5.24. The summed E-state index contributed by atoms with van der Waals surface area (Å²) in [6.07, 6.45) is -0.709. The van der Waals surface area contributed by atoms with Gasteiger partial charge in [-0.2, -0.15) is 0 Å². The number of fused-ring (bicyclic) bond motifs is 1. The van der Waals surface area contributed by atoms with Crippen LogP contribution >= 0.6 is 23.2 Å². The second-order valence-corrected chi connectivity index (χ2v) is 8.52. The van der Waals surface area contributed by atoms with Gasteiger partial charge in [0.1, 0.15) is 11.3 Å². The lowest BCUT2D eigenvalue weighted by molar-refractivity contribution is -0.127. The number of oxazole rings is 1. The van der Waals surface area contributed by atoms with Crippen LogP contribution in [0.3, 0.4) is 0 Å². The van der Waals surface area contributed by atoms with Crippen LogP contribution in [-0.2, 0) is 11.3 Å². The van der Waals surface area contributed by atoms with Gasteiger partial charge in [0.25, 0.3) is 5.91 Å². The van der Waals surface area contributed by atoms with Gasteiger partial charge in [0, 0.05) is 17.1 Å². The first-order valence-corrected chi connectivity index (χ1v) is 10.9. The van der Waals surface area contributed by atoms with Crippen molar-refractivity contribution in [3.8, 4) is 17.2 Å². The number of hydrogen-bond acceptors (Lipinski definition) is 4. The van der Waals surface area contributed by atoms with Crippen LogP contribution in [0.25, 0.3) is 22.6 Å². The van der Waals surface area contributed by atoms with Gasteiger partial charge in [-0.3, -0.25) is 4.79 Å². The third-order valence-corrected chi connectivity index (χ3v) is 5.77. The molecule has 0 saturated heterocycles. The molecule has 0 radical (unpaired) electrons. The fourth-order valence-electron chi connectivity index (χ4n) is 3.22. The molecular weight excluding hydrogens is 447 g/mol. The maximum atomic E-state index is 12.4. The molecule has 32 heavy (non-hydrogen) atoms. The normalized spacial score (nSPS) is 12.0. The van der Waals surface area contributed by atoms with E-state index in [0.717, 1.165) is 22.2 Å². The van der Waals surface area contributed by atoms with Gasteiger partial charge in [-0.15, -0.1) is 0 Å². The molecule has 5 nitrogen and oxygen atoms in total. The summed E-state index contributed by atoms with van der Waals surface area (Å²) >= 11 is 12.0. The maximum Gasteiger partial charge on any atom is 0.261 e. The van der Waals surface area contributed by atoms with Gasteiger partial charge in [0.15, 0.2) is 11.7 Å². The summed E-state index contributed by atoms with van der Waals surface area (Å²) in [7, 11) is 0. The molecule has 0 aliphatic carbocycles. The summed E-state index contributed by atoms with van der Waals surface area (Å²) in [5.74, 6) is 0.735. The number of nitrogens with one attached hydrogen (secondary N) is 1.